The van der Waals surface area contributed by atoms with E-state index in [0.717, 1.165) is 6.04 Å². The van der Waals surface area contributed by atoms with Gasteiger partial charge in [0.05, 0.1) is 0 Å². The lowest BCUT2D eigenvalue weighted by atomic mass is 10.1. The molecule has 0 amide bonds. The van der Waals surface area contributed by atoms with Crippen molar-refractivity contribution in [3.8, 4) is 0 Å². The Morgan fingerprint density at radius 2 is 1.93 bits per heavy atom. The van der Waals surface area contributed by atoms with Gasteiger partial charge in [-0.05, 0) is 25.8 Å². The van der Waals surface area contributed by atoms with Crippen LogP contribution in [-0.2, 0) is 0 Å². The minimum absolute atomic E-state index is 0. The Kier molecular flexibility index (Phi) is 4.68. The first-order valence-electron chi connectivity index (χ1n) is 5.58. The number of hydrogen-bond donors (Lipinski definition) is 2. The summed E-state index contributed by atoms with van der Waals surface area (Å²) in [6.07, 6.45) is 4.17. The van der Waals surface area contributed by atoms with Gasteiger partial charge in [0.15, 0.2) is 0 Å². The summed E-state index contributed by atoms with van der Waals surface area (Å²) in [4.78, 5) is 2.70. The Labute approximate surface area is 104 Å². The smallest absolute Gasteiger partial charge is 0.0310 e. The highest BCUT2D eigenvalue weighted by Gasteiger charge is 2.46. The van der Waals surface area contributed by atoms with Crippen LogP contribution in [-0.4, -0.2) is 49.2 Å². The van der Waals surface area contributed by atoms with Crippen LogP contribution < -0.4 is 10.6 Å². The zero-order chi connectivity index (χ0) is 8.73. The van der Waals surface area contributed by atoms with E-state index in [1.807, 2.05) is 0 Å². The molecule has 2 N–H and O–H groups in total. The van der Waals surface area contributed by atoms with Crippen molar-refractivity contribution in [1.29, 1.82) is 0 Å². The van der Waals surface area contributed by atoms with Crippen LogP contribution in [0.4, 0.5) is 0 Å². The fraction of sp³-hybridized carbons (Fsp3) is 1.00. The quantitative estimate of drug-likeness (QED) is 0.718. The zero-order valence-electron chi connectivity index (χ0n) is 9.00. The first-order valence-corrected chi connectivity index (χ1v) is 5.58. The van der Waals surface area contributed by atoms with E-state index in [4.69, 9.17) is 0 Å². The van der Waals surface area contributed by atoms with Gasteiger partial charge in [-0.15, -0.1) is 24.8 Å². The second-order valence-corrected chi connectivity index (χ2v) is 4.82. The summed E-state index contributed by atoms with van der Waals surface area (Å²) in [7, 11) is 0. The fourth-order valence-electron chi connectivity index (χ4n) is 2.74. The molecule has 0 aromatic carbocycles. The van der Waals surface area contributed by atoms with Crippen molar-refractivity contribution in [2.75, 3.05) is 32.7 Å². The van der Waals surface area contributed by atoms with Gasteiger partial charge in [-0.25, -0.2) is 0 Å². The Morgan fingerprint density at radius 3 is 2.53 bits per heavy atom. The molecule has 5 heteroatoms. The molecule has 2 saturated heterocycles. The van der Waals surface area contributed by atoms with Gasteiger partial charge in [0.25, 0.3) is 0 Å². The van der Waals surface area contributed by atoms with Crippen LogP contribution in [0.2, 0.25) is 0 Å². The summed E-state index contributed by atoms with van der Waals surface area (Å²) in [6.45, 7) is 6.21. The van der Waals surface area contributed by atoms with Crippen molar-refractivity contribution in [1.82, 2.24) is 15.5 Å². The van der Waals surface area contributed by atoms with Gasteiger partial charge in [-0.1, -0.05) is 0 Å². The van der Waals surface area contributed by atoms with E-state index in [1.54, 1.807) is 0 Å². The van der Waals surface area contributed by atoms with Gasteiger partial charge in [-0.2, -0.15) is 0 Å². The monoisotopic (exact) mass is 253 g/mol. The van der Waals surface area contributed by atoms with Gasteiger partial charge in [0, 0.05) is 37.8 Å². The molecule has 0 radical (unpaired) electrons. The van der Waals surface area contributed by atoms with Crippen LogP contribution in [0.3, 0.4) is 0 Å². The summed E-state index contributed by atoms with van der Waals surface area (Å²) in [5, 5.41) is 7.12. The van der Waals surface area contributed by atoms with E-state index in [9.17, 15) is 0 Å². The van der Waals surface area contributed by atoms with Gasteiger partial charge in [0.1, 0.15) is 0 Å². The van der Waals surface area contributed by atoms with E-state index < -0.39 is 0 Å². The van der Waals surface area contributed by atoms with E-state index in [2.05, 4.69) is 15.5 Å². The molecule has 2 aliphatic heterocycles. The molecule has 2 heterocycles. The van der Waals surface area contributed by atoms with Gasteiger partial charge >= 0.3 is 0 Å². The third-order valence-corrected chi connectivity index (χ3v) is 3.81. The van der Waals surface area contributed by atoms with Gasteiger partial charge in [-0.3, -0.25) is 4.90 Å². The maximum absolute atomic E-state index is 3.66. The van der Waals surface area contributed by atoms with Crippen LogP contribution in [0.5, 0.6) is 0 Å². The standard InChI is InChI=1S/C10H19N3.2ClH/c1-4-11-7-9(1)13-6-5-12-10(8-13)2-3-10;;/h9,11-12H,1-8H2;2*1H. The lowest BCUT2D eigenvalue weighted by Crippen LogP contribution is -2.55. The molecule has 1 unspecified atom stereocenters. The second-order valence-electron chi connectivity index (χ2n) is 4.82. The molecule has 1 spiro atoms. The Hall–Kier alpha value is 0.460. The van der Waals surface area contributed by atoms with E-state index in [0.29, 0.717) is 5.54 Å². The number of hydrogen-bond acceptors (Lipinski definition) is 3. The minimum atomic E-state index is 0. The third kappa shape index (κ3) is 2.77. The first-order chi connectivity index (χ1) is 6.38. The highest BCUT2D eigenvalue weighted by Crippen LogP contribution is 2.38. The molecule has 3 rings (SSSR count). The summed E-state index contributed by atoms with van der Waals surface area (Å²) < 4.78 is 0. The number of piperazine rings is 1. The second kappa shape index (κ2) is 5.19. The molecule has 3 fully saturated rings. The van der Waals surface area contributed by atoms with Crippen LogP contribution in [0, 0.1) is 0 Å². The predicted molar refractivity (Wildman–Crippen MR) is 67.3 cm³/mol. The van der Waals surface area contributed by atoms with Crippen molar-refractivity contribution < 1.29 is 0 Å². The summed E-state index contributed by atoms with van der Waals surface area (Å²) in [5.41, 5.74) is 0.556. The van der Waals surface area contributed by atoms with Crippen LogP contribution in [0.1, 0.15) is 19.3 Å². The van der Waals surface area contributed by atoms with Crippen molar-refractivity contribution in [3.63, 3.8) is 0 Å². The normalized spacial score (nSPS) is 33.2. The Balaban J connectivity index is 0.000000562. The number of rotatable bonds is 1. The SMILES string of the molecule is C1CC(N2CCNC3(CC3)C2)CN1.Cl.Cl. The molecule has 3 aliphatic rings. The number of nitrogens with one attached hydrogen (secondary N) is 2. The van der Waals surface area contributed by atoms with Crippen molar-refractivity contribution in [3.05, 3.63) is 0 Å². The average Bonchev–Trinajstić information content (AvgIpc) is 2.73. The molecule has 0 aromatic rings. The summed E-state index contributed by atoms with van der Waals surface area (Å²) in [5.74, 6) is 0. The fourth-order valence-corrected chi connectivity index (χ4v) is 2.74. The predicted octanol–water partition coefficient (Wildman–Crippen LogP) is 0.630. The third-order valence-electron chi connectivity index (χ3n) is 3.81. The van der Waals surface area contributed by atoms with Crippen LogP contribution in [0.25, 0.3) is 0 Å². The highest BCUT2D eigenvalue weighted by molar-refractivity contribution is 5.85. The highest BCUT2D eigenvalue weighted by atomic mass is 35.5. The summed E-state index contributed by atoms with van der Waals surface area (Å²) >= 11 is 0. The van der Waals surface area contributed by atoms with E-state index >= 15 is 0 Å². The molecule has 1 atom stereocenters. The molecule has 0 bridgehead atoms. The van der Waals surface area contributed by atoms with Crippen LogP contribution in [0.15, 0.2) is 0 Å². The van der Waals surface area contributed by atoms with Crippen molar-refractivity contribution in [2.45, 2.75) is 30.8 Å². The topological polar surface area (TPSA) is 27.3 Å². The number of halogens is 2. The van der Waals surface area contributed by atoms with E-state index in [1.165, 1.54) is 52.0 Å². The molecular formula is C10H21Cl2N3. The lowest BCUT2D eigenvalue weighted by Gasteiger charge is -2.37. The molecule has 90 valence electrons. The molecule has 1 aliphatic carbocycles. The Morgan fingerprint density at radius 1 is 1.13 bits per heavy atom. The van der Waals surface area contributed by atoms with Crippen molar-refractivity contribution >= 4 is 24.8 Å². The molecule has 15 heavy (non-hydrogen) atoms. The lowest BCUT2D eigenvalue weighted by molar-refractivity contribution is 0.144. The van der Waals surface area contributed by atoms with Gasteiger partial charge < -0.3 is 10.6 Å². The molecular weight excluding hydrogens is 233 g/mol. The maximum atomic E-state index is 3.66. The largest absolute Gasteiger partial charge is 0.315 e. The zero-order valence-corrected chi connectivity index (χ0v) is 10.6. The molecule has 0 aromatic heterocycles. The van der Waals surface area contributed by atoms with Crippen molar-refractivity contribution in [2.24, 2.45) is 0 Å². The van der Waals surface area contributed by atoms with Gasteiger partial charge in [0.2, 0.25) is 0 Å². The molecule has 1 saturated carbocycles. The first kappa shape index (κ1) is 13.5. The number of nitrogens with zero attached hydrogens (tertiary/aromatic N) is 1. The maximum Gasteiger partial charge on any atom is 0.0310 e. The van der Waals surface area contributed by atoms with E-state index in [-0.39, 0.29) is 24.8 Å². The van der Waals surface area contributed by atoms with Crippen LogP contribution >= 0.6 is 24.8 Å². The minimum Gasteiger partial charge on any atom is -0.315 e. The Bertz CT molecular complexity index is 203. The molecule has 3 nitrogen and oxygen atoms in total. The summed E-state index contributed by atoms with van der Waals surface area (Å²) in [6, 6.07) is 0.833. The average molecular weight is 254 g/mol.